The van der Waals surface area contributed by atoms with Gasteiger partial charge in [-0.25, -0.2) is 4.98 Å². The van der Waals surface area contributed by atoms with Gasteiger partial charge in [-0.15, -0.1) is 0 Å². The number of piperazine rings is 1. The van der Waals surface area contributed by atoms with Gasteiger partial charge in [0, 0.05) is 52.5 Å². The van der Waals surface area contributed by atoms with Gasteiger partial charge in [-0.2, -0.15) is 0 Å². The molecule has 1 N–H and O–H groups in total. The molecule has 29 heavy (non-hydrogen) atoms. The lowest BCUT2D eigenvalue weighted by molar-refractivity contribution is 0.296. The zero-order valence-corrected chi connectivity index (χ0v) is 18.0. The molecule has 0 bridgehead atoms. The van der Waals surface area contributed by atoms with Crippen molar-refractivity contribution in [3.8, 4) is 0 Å². The number of aromatic nitrogens is 1. The fraction of sp³-hybridized carbons (Fsp3) is 0.478. The molecule has 156 valence electrons. The van der Waals surface area contributed by atoms with Crippen LogP contribution in [0.4, 0.5) is 5.82 Å². The highest BCUT2D eigenvalue weighted by Gasteiger charge is 2.20. The summed E-state index contributed by atoms with van der Waals surface area (Å²) < 4.78 is 0. The molecule has 0 aliphatic carbocycles. The van der Waals surface area contributed by atoms with Crippen molar-refractivity contribution in [2.45, 2.75) is 26.9 Å². The summed E-state index contributed by atoms with van der Waals surface area (Å²) in [6.45, 7) is 12.2. The molecule has 0 atom stereocenters. The van der Waals surface area contributed by atoms with Gasteiger partial charge < -0.3 is 15.1 Å². The van der Waals surface area contributed by atoms with E-state index >= 15 is 0 Å². The Morgan fingerprint density at radius 1 is 1.03 bits per heavy atom. The molecule has 1 aliphatic rings. The Morgan fingerprint density at radius 2 is 1.79 bits per heavy atom. The predicted molar refractivity (Wildman–Crippen MR) is 121 cm³/mol. The number of nitrogens with one attached hydrogen (secondary N) is 1. The first-order chi connectivity index (χ1) is 14.2. The summed E-state index contributed by atoms with van der Waals surface area (Å²) >= 11 is 0. The number of pyridine rings is 1. The zero-order chi connectivity index (χ0) is 20.5. The van der Waals surface area contributed by atoms with Crippen LogP contribution in [0.5, 0.6) is 0 Å². The Balaban J connectivity index is 1.52. The van der Waals surface area contributed by atoms with E-state index in [4.69, 9.17) is 0 Å². The first-order valence-electron chi connectivity index (χ1n) is 10.6. The molecule has 1 fully saturated rings. The van der Waals surface area contributed by atoms with Gasteiger partial charge in [-0.05, 0) is 36.3 Å². The lowest BCUT2D eigenvalue weighted by Gasteiger charge is -2.37. The van der Waals surface area contributed by atoms with Crippen LogP contribution in [-0.2, 0) is 13.1 Å². The number of aliphatic imine (C=N–C) groups is 1. The number of rotatable bonds is 7. The topological polar surface area (TPSA) is 47.0 Å². The quantitative estimate of drug-likeness (QED) is 0.578. The highest BCUT2D eigenvalue weighted by molar-refractivity contribution is 5.80. The minimum absolute atomic E-state index is 0.791. The number of hydrogen-bond donors (Lipinski definition) is 1. The van der Waals surface area contributed by atoms with Crippen molar-refractivity contribution >= 4 is 11.8 Å². The van der Waals surface area contributed by atoms with E-state index in [0.717, 1.165) is 64.1 Å². The normalized spacial score (nSPS) is 15.1. The molecule has 1 aromatic carbocycles. The van der Waals surface area contributed by atoms with Crippen LogP contribution in [-0.4, -0.2) is 67.1 Å². The molecular weight excluding hydrogens is 360 g/mol. The van der Waals surface area contributed by atoms with Gasteiger partial charge >= 0.3 is 0 Å². The van der Waals surface area contributed by atoms with E-state index in [1.54, 1.807) is 0 Å². The standard InChI is InChI=1S/C23H34N6/c1-4-27(5-2)19-21-10-8-9-20(17-21)18-26-23(24-3)29-15-13-28(14-16-29)22-11-6-7-12-25-22/h6-12,17H,4-5,13-16,18-19H2,1-3H3,(H,24,26). The Bertz CT molecular complexity index is 764. The van der Waals surface area contributed by atoms with Crippen LogP contribution in [0.1, 0.15) is 25.0 Å². The van der Waals surface area contributed by atoms with Crippen molar-refractivity contribution < 1.29 is 0 Å². The summed E-state index contributed by atoms with van der Waals surface area (Å²) in [5, 5.41) is 3.55. The molecule has 3 rings (SSSR count). The lowest BCUT2D eigenvalue weighted by atomic mass is 10.1. The van der Waals surface area contributed by atoms with Crippen molar-refractivity contribution in [3.05, 3.63) is 59.8 Å². The molecule has 1 aromatic heterocycles. The van der Waals surface area contributed by atoms with Crippen LogP contribution < -0.4 is 10.2 Å². The Morgan fingerprint density at radius 3 is 2.45 bits per heavy atom. The minimum atomic E-state index is 0.791. The van der Waals surface area contributed by atoms with E-state index in [1.807, 2.05) is 25.4 Å². The third-order valence-electron chi connectivity index (χ3n) is 5.51. The number of guanidine groups is 1. The summed E-state index contributed by atoms with van der Waals surface area (Å²) in [6, 6.07) is 14.9. The fourth-order valence-corrected chi connectivity index (χ4v) is 3.74. The summed E-state index contributed by atoms with van der Waals surface area (Å²) in [6.07, 6.45) is 1.86. The molecule has 2 aromatic rings. The van der Waals surface area contributed by atoms with Gasteiger partial charge in [0.15, 0.2) is 5.96 Å². The highest BCUT2D eigenvalue weighted by atomic mass is 15.4. The zero-order valence-electron chi connectivity index (χ0n) is 18.0. The van der Waals surface area contributed by atoms with Gasteiger partial charge in [-0.1, -0.05) is 44.2 Å². The van der Waals surface area contributed by atoms with Gasteiger partial charge in [0.1, 0.15) is 5.82 Å². The molecule has 2 heterocycles. The average molecular weight is 395 g/mol. The molecule has 6 nitrogen and oxygen atoms in total. The number of nitrogens with zero attached hydrogens (tertiary/aromatic N) is 5. The van der Waals surface area contributed by atoms with Crippen LogP contribution in [0.3, 0.4) is 0 Å². The van der Waals surface area contributed by atoms with Crippen LogP contribution in [0.15, 0.2) is 53.7 Å². The van der Waals surface area contributed by atoms with Crippen LogP contribution in [0, 0.1) is 0 Å². The monoisotopic (exact) mass is 394 g/mol. The van der Waals surface area contributed by atoms with Gasteiger partial charge in [0.25, 0.3) is 0 Å². The first-order valence-corrected chi connectivity index (χ1v) is 10.6. The van der Waals surface area contributed by atoms with Gasteiger partial charge in [-0.3, -0.25) is 9.89 Å². The van der Waals surface area contributed by atoms with E-state index in [1.165, 1.54) is 11.1 Å². The van der Waals surface area contributed by atoms with Gasteiger partial charge in [0.2, 0.25) is 0 Å². The largest absolute Gasteiger partial charge is 0.353 e. The molecule has 0 spiro atoms. The van der Waals surface area contributed by atoms with E-state index in [-0.39, 0.29) is 0 Å². The van der Waals surface area contributed by atoms with E-state index < -0.39 is 0 Å². The Hall–Kier alpha value is -2.60. The van der Waals surface area contributed by atoms with Crippen molar-refractivity contribution in [2.75, 3.05) is 51.2 Å². The highest BCUT2D eigenvalue weighted by Crippen LogP contribution is 2.13. The molecule has 0 amide bonds. The molecule has 6 heteroatoms. The maximum Gasteiger partial charge on any atom is 0.194 e. The van der Waals surface area contributed by atoms with E-state index in [9.17, 15) is 0 Å². The first kappa shape index (κ1) is 21.1. The number of anilines is 1. The summed E-state index contributed by atoms with van der Waals surface area (Å²) in [4.78, 5) is 16.1. The summed E-state index contributed by atoms with van der Waals surface area (Å²) in [7, 11) is 1.87. The van der Waals surface area contributed by atoms with Crippen molar-refractivity contribution in [3.63, 3.8) is 0 Å². The third-order valence-corrected chi connectivity index (χ3v) is 5.51. The molecule has 0 unspecified atom stereocenters. The van der Waals surface area contributed by atoms with Crippen LogP contribution in [0.2, 0.25) is 0 Å². The predicted octanol–water partition coefficient (Wildman–Crippen LogP) is 2.82. The smallest absolute Gasteiger partial charge is 0.194 e. The Labute approximate surface area is 175 Å². The number of hydrogen-bond acceptors (Lipinski definition) is 4. The average Bonchev–Trinajstić information content (AvgIpc) is 2.79. The summed E-state index contributed by atoms with van der Waals surface area (Å²) in [5.74, 6) is 2.03. The fourth-order valence-electron chi connectivity index (χ4n) is 3.74. The molecule has 0 radical (unpaired) electrons. The maximum atomic E-state index is 4.51. The SMILES string of the molecule is CCN(CC)Cc1cccc(CNC(=NC)N2CCN(c3ccccn3)CC2)c1. The van der Waals surface area contributed by atoms with E-state index in [2.05, 4.69) is 74.2 Å². The maximum absolute atomic E-state index is 4.51. The van der Waals surface area contributed by atoms with Gasteiger partial charge in [0.05, 0.1) is 0 Å². The van der Waals surface area contributed by atoms with Crippen LogP contribution in [0.25, 0.3) is 0 Å². The second-order valence-electron chi connectivity index (χ2n) is 7.34. The second kappa shape index (κ2) is 10.8. The molecular formula is C23H34N6. The van der Waals surface area contributed by atoms with Crippen molar-refractivity contribution in [1.82, 2.24) is 20.1 Å². The Kier molecular flexibility index (Phi) is 7.87. The molecule has 1 saturated heterocycles. The molecule has 1 aliphatic heterocycles. The number of benzene rings is 1. The third kappa shape index (κ3) is 5.94. The van der Waals surface area contributed by atoms with E-state index in [0.29, 0.717) is 0 Å². The minimum Gasteiger partial charge on any atom is -0.353 e. The van der Waals surface area contributed by atoms with Crippen LogP contribution >= 0.6 is 0 Å². The van der Waals surface area contributed by atoms with Crippen molar-refractivity contribution in [1.29, 1.82) is 0 Å². The lowest BCUT2D eigenvalue weighted by Crippen LogP contribution is -2.52. The molecule has 0 saturated carbocycles. The second-order valence-corrected chi connectivity index (χ2v) is 7.34. The van der Waals surface area contributed by atoms with Crippen molar-refractivity contribution in [2.24, 2.45) is 4.99 Å². The summed E-state index contributed by atoms with van der Waals surface area (Å²) in [5.41, 5.74) is 2.66.